The normalized spacial score (nSPS) is 11.2. The molecular formula is C30H45Cl2N3O. The van der Waals surface area contributed by atoms with Crippen molar-refractivity contribution in [2.24, 2.45) is 0 Å². The van der Waals surface area contributed by atoms with E-state index in [2.05, 4.69) is 36.2 Å². The third kappa shape index (κ3) is 9.28. The van der Waals surface area contributed by atoms with Gasteiger partial charge in [-0.05, 0) is 81.7 Å². The summed E-state index contributed by atoms with van der Waals surface area (Å²) in [5.74, 6) is 0.845. The first-order valence-electron chi connectivity index (χ1n) is 13.7. The predicted molar refractivity (Wildman–Crippen MR) is 161 cm³/mol. The van der Waals surface area contributed by atoms with Gasteiger partial charge in [0, 0.05) is 22.3 Å². The van der Waals surface area contributed by atoms with E-state index in [4.69, 9.17) is 21.3 Å². The van der Waals surface area contributed by atoms with Crippen molar-refractivity contribution < 1.29 is 4.74 Å². The lowest BCUT2D eigenvalue weighted by Crippen LogP contribution is -2.27. The van der Waals surface area contributed by atoms with Gasteiger partial charge in [0.15, 0.2) is 0 Å². The smallest absolute Gasteiger partial charge is 0.119 e. The van der Waals surface area contributed by atoms with Crippen molar-refractivity contribution in [2.45, 2.75) is 78.1 Å². The first-order valence-corrected chi connectivity index (χ1v) is 14.1. The third-order valence-electron chi connectivity index (χ3n) is 6.80. The molecule has 3 rings (SSSR count). The van der Waals surface area contributed by atoms with Crippen molar-refractivity contribution in [3.05, 3.63) is 41.4 Å². The maximum atomic E-state index is 6.27. The van der Waals surface area contributed by atoms with E-state index >= 15 is 0 Å². The lowest BCUT2D eigenvalue weighted by molar-refractivity contribution is 0.256. The number of halogens is 2. The summed E-state index contributed by atoms with van der Waals surface area (Å²) < 4.78 is 5.49. The summed E-state index contributed by atoms with van der Waals surface area (Å²) in [5, 5.41) is 6.64. The Morgan fingerprint density at radius 3 is 2.08 bits per heavy atom. The lowest BCUT2D eigenvalue weighted by Gasteiger charge is -2.22. The van der Waals surface area contributed by atoms with Crippen molar-refractivity contribution in [3.63, 3.8) is 0 Å². The number of rotatable bonds is 17. The number of unbranched alkanes of at least 4 members (excludes halogenated alkanes) is 7. The lowest BCUT2D eigenvalue weighted by atomic mass is 10.1. The molecule has 4 nitrogen and oxygen atoms in total. The van der Waals surface area contributed by atoms with Gasteiger partial charge in [-0.3, -0.25) is 0 Å². The van der Waals surface area contributed by atoms with Crippen LogP contribution in [0.3, 0.4) is 0 Å². The summed E-state index contributed by atoms with van der Waals surface area (Å²) in [6, 6.07) is 12.0. The van der Waals surface area contributed by atoms with E-state index in [0.29, 0.717) is 5.02 Å². The van der Waals surface area contributed by atoms with Gasteiger partial charge in [0.2, 0.25) is 0 Å². The molecule has 0 bridgehead atoms. The largest absolute Gasteiger partial charge is 0.497 e. The van der Waals surface area contributed by atoms with Gasteiger partial charge in [-0.15, -0.1) is 12.4 Å². The van der Waals surface area contributed by atoms with Crippen LogP contribution in [0, 0.1) is 0 Å². The summed E-state index contributed by atoms with van der Waals surface area (Å²) in [4.78, 5) is 7.54. The Balaban J connectivity index is 0.00000456. The van der Waals surface area contributed by atoms with Crippen LogP contribution in [0.5, 0.6) is 5.75 Å². The first-order chi connectivity index (χ1) is 17.2. The highest BCUT2D eigenvalue weighted by Crippen LogP contribution is 2.34. The number of hydrogen-bond donors (Lipinski definition) is 1. The fourth-order valence-electron chi connectivity index (χ4n) is 4.75. The Labute approximate surface area is 229 Å². The minimum atomic E-state index is 0. The molecule has 0 aliphatic rings. The SMILES string of the molecule is CCCCCCN(CCCCCC)CCCCNc1c2ccc(Cl)cc2nc2ccc(OC)cc12.Cl. The second-order valence-corrected chi connectivity index (χ2v) is 10.1. The van der Waals surface area contributed by atoms with Crippen LogP contribution in [0.2, 0.25) is 5.02 Å². The Morgan fingerprint density at radius 1 is 0.778 bits per heavy atom. The molecule has 200 valence electrons. The molecule has 6 heteroatoms. The molecule has 3 aromatic rings. The summed E-state index contributed by atoms with van der Waals surface area (Å²) in [7, 11) is 1.71. The maximum absolute atomic E-state index is 6.27. The van der Waals surface area contributed by atoms with Crippen LogP contribution in [0.4, 0.5) is 5.69 Å². The van der Waals surface area contributed by atoms with Gasteiger partial charge in [0.25, 0.3) is 0 Å². The Bertz CT molecular complexity index is 1030. The van der Waals surface area contributed by atoms with Crippen LogP contribution in [-0.4, -0.2) is 43.2 Å². The molecule has 0 saturated heterocycles. The second kappa shape index (κ2) is 16.9. The van der Waals surface area contributed by atoms with Gasteiger partial charge in [-0.1, -0.05) is 64.0 Å². The van der Waals surface area contributed by atoms with Crippen molar-refractivity contribution in [2.75, 3.05) is 38.6 Å². The molecule has 0 amide bonds. The maximum Gasteiger partial charge on any atom is 0.119 e. The quantitative estimate of drug-likeness (QED) is 0.138. The zero-order chi connectivity index (χ0) is 24.9. The summed E-state index contributed by atoms with van der Waals surface area (Å²) in [6.45, 7) is 9.21. The number of ether oxygens (including phenoxy) is 1. The average molecular weight is 535 g/mol. The molecule has 1 heterocycles. The van der Waals surface area contributed by atoms with Crippen molar-refractivity contribution in [3.8, 4) is 5.75 Å². The fourth-order valence-corrected chi connectivity index (χ4v) is 4.91. The molecular weight excluding hydrogens is 489 g/mol. The van der Waals surface area contributed by atoms with Crippen molar-refractivity contribution >= 4 is 51.5 Å². The van der Waals surface area contributed by atoms with E-state index < -0.39 is 0 Å². The number of aromatic nitrogens is 1. The van der Waals surface area contributed by atoms with Crippen LogP contribution >= 0.6 is 24.0 Å². The van der Waals surface area contributed by atoms with Crippen LogP contribution in [0.25, 0.3) is 21.8 Å². The van der Waals surface area contributed by atoms with E-state index in [0.717, 1.165) is 46.2 Å². The Morgan fingerprint density at radius 2 is 1.44 bits per heavy atom. The molecule has 0 aliphatic heterocycles. The zero-order valence-corrected chi connectivity index (χ0v) is 24.0. The highest BCUT2D eigenvalue weighted by atomic mass is 35.5. The number of nitrogens with zero attached hydrogens (tertiary/aromatic N) is 2. The van der Waals surface area contributed by atoms with E-state index in [1.54, 1.807) is 7.11 Å². The highest BCUT2D eigenvalue weighted by molar-refractivity contribution is 6.31. The topological polar surface area (TPSA) is 37.4 Å². The summed E-state index contributed by atoms with van der Waals surface area (Å²) in [5.41, 5.74) is 2.99. The number of anilines is 1. The third-order valence-corrected chi connectivity index (χ3v) is 7.04. The highest BCUT2D eigenvalue weighted by Gasteiger charge is 2.11. The fraction of sp³-hybridized carbons (Fsp3) is 0.567. The Hall–Kier alpha value is -1.75. The number of fused-ring (bicyclic) bond motifs is 2. The zero-order valence-electron chi connectivity index (χ0n) is 22.5. The molecule has 1 aromatic heterocycles. The van der Waals surface area contributed by atoms with E-state index in [1.165, 1.54) is 77.4 Å². The molecule has 0 atom stereocenters. The number of hydrogen-bond acceptors (Lipinski definition) is 4. The van der Waals surface area contributed by atoms with Gasteiger partial charge < -0.3 is 15.0 Å². The molecule has 1 N–H and O–H groups in total. The molecule has 0 aliphatic carbocycles. The van der Waals surface area contributed by atoms with Gasteiger partial charge >= 0.3 is 0 Å². The van der Waals surface area contributed by atoms with E-state index in [9.17, 15) is 0 Å². The van der Waals surface area contributed by atoms with Gasteiger partial charge in [0.1, 0.15) is 5.75 Å². The van der Waals surface area contributed by atoms with Crippen LogP contribution in [-0.2, 0) is 0 Å². The van der Waals surface area contributed by atoms with Gasteiger partial charge in [-0.2, -0.15) is 0 Å². The van der Waals surface area contributed by atoms with Crippen LogP contribution < -0.4 is 10.1 Å². The van der Waals surface area contributed by atoms with E-state index in [1.807, 2.05) is 24.3 Å². The number of nitrogens with one attached hydrogen (secondary N) is 1. The molecule has 2 aromatic carbocycles. The summed E-state index contributed by atoms with van der Waals surface area (Å²) >= 11 is 6.27. The monoisotopic (exact) mass is 533 g/mol. The second-order valence-electron chi connectivity index (χ2n) is 9.63. The molecule has 0 spiro atoms. The summed E-state index contributed by atoms with van der Waals surface area (Å²) in [6.07, 6.45) is 13.1. The standard InChI is InChI=1S/C30H44ClN3O.ClH/c1-4-6-8-11-19-34(20-12-9-7-5-2)21-13-10-18-32-30-26-16-14-24(31)22-29(26)33-28-17-15-25(35-3)23-27(28)30;/h14-17,22-23H,4-13,18-21H2,1-3H3,(H,32,33);1H. The minimum absolute atomic E-state index is 0. The van der Waals surface area contributed by atoms with Crippen molar-refractivity contribution in [1.82, 2.24) is 9.88 Å². The predicted octanol–water partition coefficient (Wildman–Crippen LogP) is 9.13. The molecule has 36 heavy (non-hydrogen) atoms. The molecule has 0 radical (unpaired) electrons. The Kier molecular flexibility index (Phi) is 14.3. The number of pyridine rings is 1. The molecule has 0 saturated carbocycles. The minimum Gasteiger partial charge on any atom is -0.497 e. The van der Waals surface area contributed by atoms with Crippen LogP contribution in [0.1, 0.15) is 78.1 Å². The number of methoxy groups -OCH3 is 1. The van der Waals surface area contributed by atoms with Gasteiger partial charge in [-0.25, -0.2) is 4.98 Å². The average Bonchev–Trinajstić information content (AvgIpc) is 2.87. The molecule has 0 fully saturated rings. The molecule has 0 unspecified atom stereocenters. The van der Waals surface area contributed by atoms with E-state index in [-0.39, 0.29) is 12.4 Å². The van der Waals surface area contributed by atoms with Gasteiger partial charge in [0.05, 0.1) is 23.8 Å². The van der Waals surface area contributed by atoms with Crippen LogP contribution in [0.15, 0.2) is 36.4 Å². The first kappa shape index (κ1) is 30.5. The number of benzene rings is 2. The van der Waals surface area contributed by atoms with Crippen molar-refractivity contribution in [1.29, 1.82) is 0 Å².